The standard InChI is InChI=1S/C11H16ClN3O2/c1-7(6-16)15(2)8-3-4-9(10(12)5-8)11(13)14-17/h3-5,7,16-17H,6H2,1-2H3,(H2,13,14). The quantitative estimate of drug-likeness (QED) is 0.328. The topological polar surface area (TPSA) is 82.1 Å². The van der Waals surface area contributed by atoms with E-state index in [1.54, 1.807) is 18.2 Å². The summed E-state index contributed by atoms with van der Waals surface area (Å²) in [7, 11) is 1.86. The van der Waals surface area contributed by atoms with Crippen LogP contribution in [0.1, 0.15) is 12.5 Å². The summed E-state index contributed by atoms with van der Waals surface area (Å²) >= 11 is 6.03. The smallest absolute Gasteiger partial charge is 0.171 e. The molecule has 94 valence electrons. The third-order valence-corrected chi connectivity index (χ3v) is 2.98. The summed E-state index contributed by atoms with van der Waals surface area (Å²) in [6.45, 7) is 1.95. The Balaban J connectivity index is 3.04. The van der Waals surface area contributed by atoms with Crippen molar-refractivity contribution in [3.8, 4) is 0 Å². The number of likely N-dealkylation sites (N-methyl/N-ethyl adjacent to an activating group) is 1. The van der Waals surface area contributed by atoms with Gasteiger partial charge in [-0.25, -0.2) is 0 Å². The number of nitrogens with zero attached hydrogens (tertiary/aromatic N) is 2. The molecule has 6 heteroatoms. The van der Waals surface area contributed by atoms with Crippen LogP contribution in [-0.2, 0) is 0 Å². The maximum Gasteiger partial charge on any atom is 0.171 e. The summed E-state index contributed by atoms with van der Waals surface area (Å²) in [5, 5.41) is 20.9. The molecule has 0 aromatic heterocycles. The average Bonchev–Trinajstić information content (AvgIpc) is 2.35. The second kappa shape index (κ2) is 5.75. The number of hydrogen-bond acceptors (Lipinski definition) is 4. The van der Waals surface area contributed by atoms with Gasteiger partial charge < -0.3 is 20.9 Å². The second-order valence-electron chi connectivity index (χ2n) is 3.79. The summed E-state index contributed by atoms with van der Waals surface area (Å²) in [5.74, 6) is -0.0283. The molecule has 0 aliphatic carbocycles. The lowest BCUT2D eigenvalue weighted by Crippen LogP contribution is -2.31. The van der Waals surface area contributed by atoms with Gasteiger partial charge in [0.25, 0.3) is 0 Å². The Morgan fingerprint density at radius 1 is 1.59 bits per heavy atom. The highest BCUT2D eigenvalue weighted by molar-refractivity contribution is 6.34. The Morgan fingerprint density at radius 2 is 2.24 bits per heavy atom. The molecule has 0 bridgehead atoms. The molecule has 0 fully saturated rings. The van der Waals surface area contributed by atoms with Crippen molar-refractivity contribution in [2.24, 2.45) is 10.9 Å². The van der Waals surface area contributed by atoms with E-state index in [2.05, 4.69) is 5.16 Å². The van der Waals surface area contributed by atoms with Gasteiger partial charge in [-0.05, 0) is 25.1 Å². The molecular weight excluding hydrogens is 242 g/mol. The van der Waals surface area contributed by atoms with Gasteiger partial charge in [0, 0.05) is 24.3 Å². The maximum absolute atomic E-state index is 9.07. The molecule has 0 aliphatic heterocycles. The summed E-state index contributed by atoms with van der Waals surface area (Å²) in [6, 6.07) is 5.17. The van der Waals surface area contributed by atoms with Gasteiger partial charge in [0.1, 0.15) is 0 Å². The van der Waals surface area contributed by atoms with Crippen molar-refractivity contribution >= 4 is 23.1 Å². The number of benzene rings is 1. The molecule has 1 atom stereocenters. The molecule has 4 N–H and O–H groups in total. The Kier molecular flexibility index (Phi) is 4.60. The van der Waals surface area contributed by atoms with Crippen molar-refractivity contribution in [1.82, 2.24) is 0 Å². The first kappa shape index (κ1) is 13.6. The van der Waals surface area contributed by atoms with Gasteiger partial charge >= 0.3 is 0 Å². The van der Waals surface area contributed by atoms with Crippen LogP contribution < -0.4 is 10.6 Å². The fraction of sp³-hybridized carbons (Fsp3) is 0.364. The van der Waals surface area contributed by atoms with E-state index in [-0.39, 0.29) is 18.5 Å². The van der Waals surface area contributed by atoms with Gasteiger partial charge in [0.2, 0.25) is 0 Å². The van der Waals surface area contributed by atoms with Crippen LogP contribution in [0.2, 0.25) is 5.02 Å². The largest absolute Gasteiger partial charge is 0.409 e. The molecule has 0 aliphatic rings. The average molecular weight is 258 g/mol. The first-order valence-electron chi connectivity index (χ1n) is 5.12. The molecular formula is C11H16ClN3O2. The van der Waals surface area contributed by atoms with Crippen LogP contribution in [-0.4, -0.2) is 35.8 Å². The Bertz CT molecular complexity index is 423. The van der Waals surface area contributed by atoms with Crippen molar-refractivity contribution in [2.45, 2.75) is 13.0 Å². The van der Waals surface area contributed by atoms with E-state index < -0.39 is 0 Å². The van der Waals surface area contributed by atoms with E-state index in [4.69, 9.17) is 27.6 Å². The van der Waals surface area contributed by atoms with Gasteiger partial charge in [0.05, 0.1) is 11.6 Å². The predicted molar refractivity (Wildman–Crippen MR) is 68.9 cm³/mol. The third-order valence-electron chi connectivity index (χ3n) is 2.67. The zero-order valence-electron chi connectivity index (χ0n) is 9.76. The van der Waals surface area contributed by atoms with Crippen LogP contribution in [0.15, 0.2) is 23.4 Å². The Morgan fingerprint density at radius 3 is 2.71 bits per heavy atom. The second-order valence-corrected chi connectivity index (χ2v) is 4.20. The van der Waals surface area contributed by atoms with Crippen molar-refractivity contribution in [3.05, 3.63) is 28.8 Å². The number of aliphatic hydroxyl groups is 1. The molecule has 0 spiro atoms. The van der Waals surface area contributed by atoms with Crippen LogP contribution in [0.4, 0.5) is 5.69 Å². The lowest BCUT2D eigenvalue weighted by molar-refractivity contribution is 0.270. The minimum absolute atomic E-state index is 0.0132. The van der Waals surface area contributed by atoms with Crippen molar-refractivity contribution in [1.29, 1.82) is 0 Å². The van der Waals surface area contributed by atoms with E-state index in [1.165, 1.54) is 0 Å². The van der Waals surface area contributed by atoms with Crippen molar-refractivity contribution in [3.63, 3.8) is 0 Å². The normalized spacial score (nSPS) is 13.5. The lowest BCUT2D eigenvalue weighted by Gasteiger charge is -2.25. The van der Waals surface area contributed by atoms with Crippen LogP contribution in [0, 0.1) is 0 Å². The zero-order valence-corrected chi connectivity index (χ0v) is 10.5. The van der Waals surface area contributed by atoms with Gasteiger partial charge in [-0.1, -0.05) is 16.8 Å². The highest BCUT2D eigenvalue weighted by Gasteiger charge is 2.12. The molecule has 1 unspecified atom stereocenters. The van der Waals surface area contributed by atoms with Crippen LogP contribution in [0.25, 0.3) is 0 Å². The Labute approximate surface area is 105 Å². The van der Waals surface area contributed by atoms with Gasteiger partial charge in [-0.2, -0.15) is 0 Å². The predicted octanol–water partition coefficient (Wildman–Crippen LogP) is 1.25. The number of oxime groups is 1. The molecule has 0 saturated carbocycles. The number of rotatable bonds is 4. The van der Waals surface area contributed by atoms with Crippen LogP contribution >= 0.6 is 11.6 Å². The maximum atomic E-state index is 9.07. The van der Waals surface area contributed by atoms with E-state index >= 15 is 0 Å². The summed E-state index contributed by atoms with van der Waals surface area (Å²) in [4.78, 5) is 1.89. The fourth-order valence-electron chi connectivity index (χ4n) is 1.36. The molecule has 0 amide bonds. The number of halogens is 1. The number of hydrogen-bond donors (Lipinski definition) is 3. The minimum Gasteiger partial charge on any atom is -0.409 e. The SMILES string of the molecule is CC(CO)N(C)c1ccc(/C(N)=N/O)c(Cl)c1. The number of anilines is 1. The van der Waals surface area contributed by atoms with E-state index in [9.17, 15) is 0 Å². The zero-order chi connectivity index (χ0) is 13.0. The third kappa shape index (κ3) is 3.01. The van der Waals surface area contributed by atoms with E-state index in [0.29, 0.717) is 10.6 Å². The first-order valence-corrected chi connectivity index (χ1v) is 5.50. The molecule has 0 saturated heterocycles. The van der Waals surface area contributed by atoms with Crippen LogP contribution in [0.5, 0.6) is 0 Å². The van der Waals surface area contributed by atoms with Gasteiger partial charge in [-0.15, -0.1) is 0 Å². The van der Waals surface area contributed by atoms with E-state index in [0.717, 1.165) is 5.69 Å². The molecule has 1 aromatic rings. The summed E-state index contributed by atoms with van der Waals surface area (Å²) in [6.07, 6.45) is 0. The molecule has 1 aromatic carbocycles. The molecule has 0 heterocycles. The number of amidine groups is 1. The molecule has 17 heavy (non-hydrogen) atoms. The van der Waals surface area contributed by atoms with Crippen molar-refractivity contribution < 1.29 is 10.3 Å². The molecule has 5 nitrogen and oxygen atoms in total. The molecule has 1 rings (SSSR count). The monoisotopic (exact) mass is 257 g/mol. The van der Waals surface area contributed by atoms with E-state index in [1.807, 2.05) is 18.9 Å². The Hall–Kier alpha value is -1.46. The fourth-order valence-corrected chi connectivity index (χ4v) is 1.63. The summed E-state index contributed by atoms with van der Waals surface area (Å²) < 4.78 is 0. The summed E-state index contributed by atoms with van der Waals surface area (Å²) in [5.41, 5.74) is 6.80. The van der Waals surface area contributed by atoms with Crippen LogP contribution in [0.3, 0.4) is 0 Å². The van der Waals surface area contributed by atoms with Gasteiger partial charge in [0.15, 0.2) is 5.84 Å². The highest BCUT2D eigenvalue weighted by Crippen LogP contribution is 2.24. The highest BCUT2D eigenvalue weighted by atomic mass is 35.5. The lowest BCUT2D eigenvalue weighted by atomic mass is 10.1. The number of nitrogens with two attached hydrogens (primary N) is 1. The first-order chi connectivity index (χ1) is 8.01. The van der Waals surface area contributed by atoms with Gasteiger partial charge in [-0.3, -0.25) is 0 Å². The van der Waals surface area contributed by atoms with Crippen molar-refractivity contribution in [2.75, 3.05) is 18.6 Å². The minimum atomic E-state index is -0.0283. The molecule has 0 radical (unpaired) electrons. The number of aliphatic hydroxyl groups excluding tert-OH is 1.